The van der Waals surface area contributed by atoms with Crippen LogP contribution in [0.15, 0.2) is 28.7 Å². The van der Waals surface area contributed by atoms with Gasteiger partial charge >= 0.3 is 0 Å². The smallest absolute Gasteiger partial charge is 0.221 e. The van der Waals surface area contributed by atoms with Crippen molar-refractivity contribution in [2.45, 2.75) is 25.8 Å². The predicted molar refractivity (Wildman–Crippen MR) is 81.2 cm³/mol. The van der Waals surface area contributed by atoms with Crippen LogP contribution in [0.1, 0.15) is 18.9 Å². The lowest BCUT2D eigenvalue weighted by molar-refractivity contribution is -0.121. The number of nitrogens with one attached hydrogen (secondary N) is 2. The molecule has 2 N–H and O–H groups in total. The Morgan fingerprint density at radius 2 is 1.94 bits per heavy atom. The zero-order chi connectivity index (χ0) is 12.7. The van der Waals surface area contributed by atoms with Crippen molar-refractivity contribution in [2.24, 2.45) is 0 Å². The summed E-state index contributed by atoms with van der Waals surface area (Å²) in [7, 11) is 1.85. The lowest BCUT2D eigenvalue weighted by atomic mass is 10.1. The third-order valence-corrected chi connectivity index (χ3v) is 2.99. The lowest BCUT2D eigenvalue weighted by Crippen LogP contribution is -2.35. The summed E-state index contributed by atoms with van der Waals surface area (Å²) in [6.07, 6.45) is 1.39. The number of carbonyl (C=O) groups is 1. The van der Waals surface area contributed by atoms with Gasteiger partial charge in [-0.25, -0.2) is 0 Å². The van der Waals surface area contributed by atoms with Crippen LogP contribution < -0.4 is 10.6 Å². The van der Waals surface area contributed by atoms with Gasteiger partial charge in [-0.3, -0.25) is 4.79 Å². The van der Waals surface area contributed by atoms with Crippen LogP contribution in [0.3, 0.4) is 0 Å². The highest BCUT2D eigenvalue weighted by Gasteiger charge is 2.07. The van der Waals surface area contributed by atoms with Crippen molar-refractivity contribution in [3.63, 3.8) is 0 Å². The molecule has 1 atom stereocenters. The van der Waals surface area contributed by atoms with E-state index in [0.29, 0.717) is 6.42 Å². The zero-order valence-electron chi connectivity index (χ0n) is 10.7. The molecule has 1 unspecified atom stereocenters. The SMILES string of the molecule is CNCCC(=O)NC(C)Cc1ccc(Br)cc1.Cl. The molecule has 1 aromatic carbocycles. The molecule has 0 spiro atoms. The van der Waals surface area contributed by atoms with E-state index in [9.17, 15) is 4.79 Å². The molecular formula is C13H20BrClN2O. The first-order valence-electron chi connectivity index (χ1n) is 5.80. The molecule has 102 valence electrons. The highest BCUT2D eigenvalue weighted by Crippen LogP contribution is 2.11. The van der Waals surface area contributed by atoms with Crippen molar-refractivity contribution >= 4 is 34.2 Å². The number of rotatable bonds is 6. The monoisotopic (exact) mass is 334 g/mol. The minimum absolute atomic E-state index is 0. The van der Waals surface area contributed by atoms with Crippen LogP contribution in [0.4, 0.5) is 0 Å². The predicted octanol–water partition coefficient (Wildman–Crippen LogP) is 2.53. The van der Waals surface area contributed by atoms with E-state index in [2.05, 4.69) is 38.7 Å². The van der Waals surface area contributed by atoms with Crippen LogP contribution in [-0.4, -0.2) is 25.5 Å². The van der Waals surface area contributed by atoms with Gasteiger partial charge in [0.2, 0.25) is 5.91 Å². The molecule has 1 aromatic rings. The van der Waals surface area contributed by atoms with Gasteiger partial charge in [0.15, 0.2) is 0 Å². The molecule has 0 heterocycles. The molecule has 5 heteroatoms. The summed E-state index contributed by atoms with van der Waals surface area (Å²) in [5, 5.41) is 5.95. The summed E-state index contributed by atoms with van der Waals surface area (Å²) in [6.45, 7) is 2.75. The molecular weight excluding hydrogens is 316 g/mol. The molecule has 1 rings (SSSR count). The molecule has 0 aliphatic rings. The van der Waals surface area contributed by atoms with E-state index in [-0.39, 0.29) is 24.4 Å². The molecule has 0 aromatic heterocycles. The molecule has 1 amide bonds. The second-order valence-corrected chi connectivity index (χ2v) is 5.07. The van der Waals surface area contributed by atoms with E-state index in [1.165, 1.54) is 5.56 Å². The van der Waals surface area contributed by atoms with Crippen LogP contribution in [-0.2, 0) is 11.2 Å². The average molecular weight is 336 g/mol. The van der Waals surface area contributed by atoms with Gasteiger partial charge in [-0.15, -0.1) is 12.4 Å². The first kappa shape index (κ1) is 17.4. The van der Waals surface area contributed by atoms with Crippen LogP contribution in [0.5, 0.6) is 0 Å². The summed E-state index contributed by atoms with van der Waals surface area (Å²) < 4.78 is 1.08. The molecule has 18 heavy (non-hydrogen) atoms. The highest BCUT2D eigenvalue weighted by atomic mass is 79.9. The van der Waals surface area contributed by atoms with Gasteiger partial charge in [0.1, 0.15) is 0 Å². The molecule has 0 bridgehead atoms. The minimum atomic E-state index is 0. The summed E-state index contributed by atoms with van der Waals surface area (Å²) in [4.78, 5) is 11.5. The summed E-state index contributed by atoms with van der Waals surface area (Å²) in [5.74, 6) is 0.101. The molecule has 0 aliphatic carbocycles. The molecule has 0 radical (unpaired) electrons. The highest BCUT2D eigenvalue weighted by molar-refractivity contribution is 9.10. The van der Waals surface area contributed by atoms with Crippen molar-refractivity contribution in [3.05, 3.63) is 34.3 Å². The molecule has 0 saturated carbocycles. The van der Waals surface area contributed by atoms with Gasteiger partial charge in [-0.1, -0.05) is 28.1 Å². The fourth-order valence-electron chi connectivity index (χ4n) is 1.61. The zero-order valence-corrected chi connectivity index (χ0v) is 13.1. The second-order valence-electron chi connectivity index (χ2n) is 4.15. The number of hydrogen-bond donors (Lipinski definition) is 2. The minimum Gasteiger partial charge on any atom is -0.353 e. The van der Waals surface area contributed by atoms with Crippen molar-refractivity contribution < 1.29 is 4.79 Å². The third kappa shape index (κ3) is 6.99. The van der Waals surface area contributed by atoms with E-state index < -0.39 is 0 Å². The Bertz CT molecular complexity index is 357. The maximum absolute atomic E-state index is 11.5. The number of carbonyl (C=O) groups excluding carboxylic acids is 1. The topological polar surface area (TPSA) is 41.1 Å². The first-order valence-corrected chi connectivity index (χ1v) is 6.59. The summed E-state index contributed by atoms with van der Waals surface area (Å²) >= 11 is 3.40. The van der Waals surface area contributed by atoms with E-state index >= 15 is 0 Å². The van der Waals surface area contributed by atoms with E-state index in [1.807, 2.05) is 26.1 Å². The normalized spacial score (nSPS) is 11.5. The van der Waals surface area contributed by atoms with Crippen molar-refractivity contribution in [1.82, 2.24) is 10.6 Å². The van der Waals surface area contributed by atoms with Gasteiger partial charge in [-0.2, -0.15) is 0 Å². The lowest BCUT2D eigenvalue weighted by Gasteiger charge is -2.14. The van der Waals surface area contributed by atoms with E-state index in [1.54, 1.807) is 0 Å². The Labute approximate surface area is 123 Å². The molecule has 0 saturated heterocycles. The van der Waals surface area contributed by atoms with Crippen LogP contribution in [0.25, 0.3) is 0 Å². The Kier molecular flexibility index (Phi) is 9.06. The summed E-state index contributed by atoms with van der Waals surface area (Å²) in [6, 6.07) is 8.34. The largest absolute Gasteiger partial charge is 0.353 e. The van der Waals surface area contributed by atoms with Gasteiger partial charge in [0.25, 0.3) is 0 Å². The Morgan fingerprint density at radius 3 is 2.50 bits per heavy atom. The van der Waals surface area contributed by atoms with Gasteiger partial charge in [0, 0.05) is 23.5 Å². The fourth-order valence-corrected chi connectivity index (χ4v) is 1.87. The number of amides is 1. The van der Waals surface area contributed by atoms with Gasteiger partial charge in [-0.05, 0) is 38.1 Å². The number of benzene rings is 1. The van der Waals surface area contributed by atoms with Crippen LogP contribution in [0.2, 0.25) is 0 Å². The molecule has 3 nitrogen and oxygen atoms in total. The Morgan fingerprint density at radius 1 is 1.33 bits per heavy atom. The number of halogens is 2. The molecule has 0 fully saturated rings. The van der Waals surface area contributed by atoms with E-state index in [4.69, 9.17) is 0 Å². The fraction of sp³-hybridized carbons (Fsp3) is 0.462. The Balaban J connectivity index is 0.00000289. The standard InChI is InChI=1S/C13H19BrN2O.ClH/c1-10(16-13(17)7-8-15-2)9-11-3-5-12(14)6-4-11;/h3-6,10,15H,7-9H2,1-2H3,(H,16,17);1H. The Hall–Kier alpha value is -0.580. The molecule has 0 aliphatic heterocycles. The third-order valence-electron chi connectivity index (χ3n) is 2.46. The maximum Gasteiger partial charge on any atom is 0.221 e. The van der Waals surface area contributed by atoms with Gasteiger partial charge < -0.3 is 10.6 Å². The average Bonchev–Trinajstić information content (AvgIpc) is 2.29. The first-order chi connectivity index (χ1) is 8.11. The second kappa shape index (κ2) is 9.36. The quantitative estimate of drug-likeness (QED) is 0.839. The van der Waals surface area contributed by atoms with Crippen LogP contribution >= 0.6 is 28.3 Å². The maximum atomic E-state index is 11.5. The van der Waals surface area contributed by atoms with Gasteiger partial charge in [0.05, 0.1) is 0 Å². The van der Waals surface area contributed by atoms with E-state index in [0.717, 1.165) is 17.4 Å². The number of hydrogen-bond acceptors (Lipinski definition) is 2. The van der Waals surface area contributed by atoms with Crippen molar-refractivity contribution in [2.75, 3.05) is 13.6 Å². The van der Waals surface area contributed by atoms with Crippen LogP contribution in [0, 0.1) is 0 Å². The van der Waals surface area contributed by atoms with Crippen molar-refractivity contribution in [1.29, 1.82) is 0 Å². The summed E-state index contributed by atoms with van der Waals surface area (Å²) in [5.41, 5.74) is 1.23. The van der Waals surface area contributed by atoms with Crippen molar-refractivity contribution in [3.8, 4) is 0 Å².